The summed E-state index contributed by atoms with van der Waals surface area (Å²) in [5, 5.41) is 19.1. The second-order valence-electron chi connectivity index (χ2n) is 6.59. The smallest absolute Gasteiger partial charge is 0.133 e. The Morgan fingerprint density at radius 1 is 1.28 bits per heavy atom. The zero-order valence-electron chi connectivity index (χ0n) is 14.2. The maximum atomic E-state index is 13.1. The maximum Gasteiger partial charge on any atom is 0.133 e. The first-order chi connectivity index (χ1) is 12.2. The fourth-order valence-corrected chi connectivity index (χ4v) is 3.42. The van der Waals surface area contributed by atoms with Gasteiger partial charge in [0.2, 0.25) is 0 Å². The number of aromatic amines is 1. The molecule has 7 heteroatoms. The molecule has 0 radical (unpaired) electrons. The summed E-state index contributed by atoms with van der Waals surface area (Å²) >= 11 is 0. The summed E-state index contributed by atoms with van der Waals surface area (Å²) in [7, 11) is 0. The summed E-state index contributed by atoms with van der Waals surface area (Å²) in [6.45, 7) is 4.64. The van der Waals surface area contributed by atoms with Crippen LogP contribution >= 0.6 is 0 Å². The number of halogens is 1. The molecule has 2 N–H and O–H groups in total. The van der Waals surface area contributed by atoms with Gasteiger partial charge in [-0.15, -0.1) is 10.2 Å². The number of hydrogen-bond acceptors (Lipinski definition) is 4. The van der Waals surface area contributed by atoms with Crippen LogP contribution in [0.15, 0.2) is 30.5 Å². The fraction of sp³-hybridized carbons (Fsp3) is 0.389. The predicted molar refractivity (Wildman–Crippen MR) is 92.3 cm³/mol. The van der Waals surface area contributed by atoms with Gasteiger partial charge in [-0.2, -0.15) is 5.10 Å². The highest BCUT2D eigenvalue weighted by molar-refractivity contribution is 5.62. The van der Waals surface area contributed by atoms with Crippen LogP contribution in [0.3, 0.4) is 0 Å². The van der Waals surface area contributed by atoms with E-state index >= 15 is 0 Å². The zero-order chi connectivity index (χ0) is 17.2. The Kier molecular flexibility index (Phi) is 4.31. The van der Waals surface area contributed by atoms with Crippen LogP contribution in [0, 0.1) is 18.7 Å². The highest BCUT2D eigenvalue weighted by atomic mass is 19.1. The summed E-state index contributed by atoms with van der Waals surface area (Å²) in [4.78, 5) is 0. The van der Waals surface area contributed by atoms with Crippen molar-refractivity contribution >= 4 is 0 Å². The average molecular weight is 340 g/mol. The van der Waals surface area contributed by atoms with Crippen molar-refractivity contribution in [1.82, 2.24) is 30.3 Å². The summed E-state index contributed by atoms with van der Waals surface area (Å²) < 4.78 is 15.3. The second kappa shape index (κ2) is 6.76. The number of hydrogen-bond donors (Lipinski definition) is 2. The standard InChI is InChI=1S/C18H21FN6/c1-12-22-23-17-7-2-13(11-25(12)17)8-20-9-15-10-21-24-18(15)14-3-5-16(19)6-4-14/h3-6,10,13,20H,2,7-9,11H2,1H3,(H,21,24). The molecular weight excluding hydrogens is 319 g/mol. The number of benzene rings is 1. The molecule has 1 aliphatic heterocycles. The summed E-state index contributed by atoms with van der Waals surface area (Å²) in [6, 6.07) is 6.47. The highest BCUT2D eigenvalue weighted by Gasteiger charge is 2.21. The van der Waals surface area contributed by atoms with Crippen LogP contribution in [0.4, 0.5) is 4.39 Å². The first-order valence-electron chi connectivity index (χ1n) is 8.58. The van der Waals surface area contributed by atoms with E-state index in [2.05, 4.69) is 30.3 Å². The molecule has 0 saturated heterocycles. The Balaban J connectivity index is 1.36. The van der Waals surface area contributed by atoms with Gasteiger partial charge in [0.1, 0.15) is 17.5 Å². The van der Waals surface area contributed by atoms with E-state index in [1.807, 2.05) is 13.1 Å². The normalized spacial score (nSPS) is 16.8. The van der Waals surface area contributed by atoms with E-state index in [-0.39, 0.29) is 5.82 Å². The van der Waals surface area contributed by atoms with Gasteiger partial charge < -0.3 is 9.88 Å². The highest BCUT2D eigenvalue weighted by Crippen LogP contribution is 2.22. The first kappa shape index (κ1) is 16.0. The van der Waals surface area contributed by atoms with E-state index in [0.29, 0.717) is 5.92 Å². The van der Waals surface area contributed by atoms with Crippen LogP contribution < -0.4 is 5.32 Å². The number of aryl methyl sites for hydroxylation is 2. The molecule has 0 saturated carbocycles. The largest absolute Gasteiger partial charge is 0.315 e. The van der Waals surface area contributed by atoms with Crippen LogP contribution in [0.2, 0.25) is 0 Å². The van der Waals surface area contributed by atoms with Crippen LogP contribution in [-0.4, -0.2) is 31.5 Å². The minimum absolute atomic E-state index is 0.233. The molecule has 130 valence electrons. The lowest BCUT2D eigenvalue weighted by Crippen LogP contribution is -2.30. The molecule has 1 unspecified atom stereocenters. The molecular formula is C18H21FN6. The molecule has 0 amide bonds. The molecule has 3 aromatic rings. The molecule has 0 fully saturated rings. The molecule has 6 nitrogen and oxygen atoms in total. The molecule has 2 aromatic heterocycles. The van der Waals surface area contributed by atoms with Crippen molar-refractivity contribution in [1.29, 1.82) is 0 Å². The zero-order valence-corrected chi connectivity index (χ0v) is 14.2. The van der Waals surface area contributed by atoms with E-state index in [1.165, 1.54) is 12.1 Å². The third kappa shape index (κ3) is 3.32. The maximum absolute atomic E-state index is 13.1. The lowest BCUT2D eigenvalue weighted by atomic mass is 9.99. The molecule has 1 aliphatic rings. The van der Waals surface area contributed by atoms with Crippen molar-refractivity contribution < 1.29 is 4.39 Å². The Morgan fingerprint density at radius 2 is 2.12 bits per heavy atom. The Labute approximate surface area is 145 Å². The molecule has 0 spiro atoms. The number of fused-ring (bicyclic) bond motifs is 1. The van der Waals surface area contributed by atoms with Crippen molar-refractivity contribution in [2.45, 2.75) is 32.9 Å². The van der Waals surface area contributed by atoms with Crippen molar-refractivity contribution in [3.63, 3.8) is 0 Å². The molecule has 1 atom stereocenters. The van der Waals surface area contributed by atoms with Gasteiger partial charge in [0.25, 0.3) is 0 Å². The van der Waals surface area contributed by atoms with Crippen molar-refractivity contribution in [2.75, 3.05) is 6.54 Å². The lowest BCUT2D eigenvalue weighted by Gasteiger charge is -2.24. The minimum Gasteiger partial charge on any atom is -0.315 e. The third-order valence-electron chi connectivity index (χ3n) is 4.83. The van der Waals surface area contributed by atoms with Gasteiger partial charge in [-0.1, -0.05) is 0 Å². The molecule has 0 aliphatic carbocycles. The number of H-pyrrole nitrogens is 1. The van der Waals surface area contributed by atoms with Gasteiger partial charge in [0, 0.05) is 30.6 Å². The number of rotatable bonds is 5. The molecule has 0 bridgehead atoms. The van der Waals surface area contributed by atoms with E-state index in [9.17, 15) is 4.39 Å². The summed E-state index contributed by atoms with van der Waals surface area (Å²) in [5.74, 6) is 2.43. The second-order valence-corrected chi connectivity index (χ2v) is 6.59. The molecule has 4 rings (SSSR count). The van der Waals surface area contributed by atoms with E-state index in [1.54, 1.807) is 12.1 Å². The van der Waals surface area contributed by atoms with E-state index in [4.69, 9.17) is 0 Å². The lowest BCUT2D eigenvalue weighted by molar-refractivity contribution is 0.344. The van der Waals surface area contributed by atoms with Crippen LogP contribution in [-0.2, 0) is 19.5 Å². The van der Waals surface area contributed by atoms with Crippen molar-refractivity contribution in [2.24, 2.45) is 5.92 Å². The molecule has 1 aromatic carbocycles. The van der Waals surface area contributed by atoms with Gasteiger partial charge in [-0.05, 0) is 50.1 Å². The molecule has 25 heavy (non-hydrogen) atoms. The Morgan fingerprint density at radius 3 is 2.96 bits per heavy atom. The first-order valence-corrected chi connectivity index (χ1v) is 8.58. The van der Waals surface area contributed by atoms with Crippen molar-refractivity contribution in [3.05, 3.63) is 53.5 Å². The fourth-order valence-electron chi connectivity index (χ4n) is 3.42. The van der Waals surface area contributed by atoms with Crippen LogP contribution in [0.25, 0.3) is 11.3 Å². The number of aromatic nitrogens is 5. The summed E-state index contributed by atoms with van der Waals surface area (Å²) in [5.41, 5.74) is 2.97. The number of nitrogens with zero attached hydrogens (tertiary/aromatic N) is 4. The third-order valence-corrected chi connectivity index (χ3v) is 4.83. The average Bonchev–Trinajstić information content (AvgIpc) is 3.23. The SMILES string of the molecule is Cc1nnc2n1CC(CNCc1cn[nH]c1-c1ccc(F)cc1)CC2. The number of nitrogens with one attached hydrogen (secondary N) is 2. The quantitative estimate of drug-likeness (QED) is 0.748. The van der Waals surface area contributed by atoms with Gasteiger partial charge in [0.15, 0.2) is 0 Å². The van der Waals surface area contributed by atoms with Gasteiger partial charge in [-0.3, -0.25) is 5.10 Å². The predicted octanol–water partition coefficient (Wildman–Crippen LogP) is 2.47. The van der Waals surface area contributed by atoms with Crippen molar-refractivity contribution in [3.8, 4) is 11.3 Å². The monoisotopic (exact) mass is 340 g/mol. The summed E-state index contributed by atoms with van der Waals surface area (Å²) in [6.07, 6.45) is 3.94. The molecule has 3 heterocycles. The Bertz CT molecular complexity index is 851. The van der Waals surface area contributed by atoms with E-state index < -0.39 is 0 Å². The van der Waals surface area contributed by atoms with Crippen LogP contribution in [0.1, 0.15) is 23.6 Å². The van der Waals surface area contributed by atoms with Gasteiger partial charge in [0.05, 0.1) is 11.9 Å². The Hall–Kier alpha value is -2.54. The van der Waals surface area contributed by atoms with Gasteiger partial charge >= 0.3 is 0 Å². The van der Waals surface area contributed by atoms with Crippen LogP contribution in [0.5, 0.6) is 0 Å². The topological polar surface area (TPSA) is 71.4 Å². The van der Waals surface area contributed by atoms with E-state index in [0.717, 1.165) is 60.9 Å². The minimum atomic E-state index is -0.233. The van der Waals surface area contributed by atoms with Gasteiger partial charge in [-0.25, -0.2) is 4.39 Å².